The second kappa shape index (κ2) is 7.19. The normalized spacial score (nSPS) is 12.1. The van der Waals surface area contributed by atoms with Gasteiger partial charge in [-0.15, -0.1) is 0 Å². The summed E-state index contributed by atoms with van der Waals surface area (Å²) in [7, 11) is 1.75. The van der Waals surface area contributed by atoms with Crippen LogP contribution < -0.4 is 5.32 Å². The number of aryl methyl sites for hydroxylation is 1. The summed E-state index contributed by atoms with van der Waals surface area (Å²) < 4.78 is 7.03. The third-order valence-corrected chi connectivity index (χ3v) is 4.87. The minimum absolute atomic E-state index is 0.110. The second-order valence-electron chi connectivity index (χ2n) is 6.73. The lowest BCUT2D eigenvalue weighted by Crippen LogP contribution is -2.33. The molecule has 0 aliphatic heterocycles. The Kier molecular flexibility index (Phi) is 4.57. The first-order chi connectivity index (χ1) is 13.5. The number of hydrogen-bond acceptors (Lipinski definition) is 4. The van der Waals surface area contributed by atoms with Crippen molar-refractivity contribution in [2.75, 3.05) is 12.4 Å². The average Bonchev–Trinajstić information content (AvgIpc) is 3.33. The zero-order valence-electron chi connectivity index (χ0n) is 16.0. The number of carbonyl (C=O) groups excluding carboxylic acids is 1. The minimum Gasteiger partial charge on any atom is -0.360 e. The van der Waals surface area contributed by atoms with Crippen LogP contribution >= 0.6 is 0 Å². The van der Waals surface area contributed by atoms with Crippen LogP contribution in [-0.2, 0) is 0 Å². The molecule has 4 rings (SSSR count). The number of rotatable bonds is 4. The summed E-state index contributed by atoms with van der Waals surface area (Å²) in [5.41, 5.74) is 4.07. The predicted molar refractivity (Wildman–Crippen MR) is 108 cm³/mol. The average molecular weight is 375 g/mol. The highest BCUT2D eigenvalue weighted by Gasteiger charge is 2.18. The lowest BCUT2D eigenvalue weighted by atomic mass is 10.1. The van der Waals surface area contributed by atoms with Crippen LogP contribution in [0, 0.1) is 6.92 Å². The van der Waals surface area contributed by atoms with Crippen molar-refractivity contribution in [3.05, 3.63) is 72.2 Å². The van der Waals surface area contributed by atoms with E-state index < -0.39 is 0 Å². The maximum atomic E-state index is 12.5. The summed E-state index contributed by atoms with van der Waals surface area (Å²) >= 11 is 0. The largest absolute Gasteiger partial charge is 0.360 e. The molecule has 0 saturated heterocycles. The molecule has 0 unspecified atom stereocenters. The van der Waals surface area contributed by atoms with Crippen molar-refractivity contribution in [1.29, 1.82) is 0 Å². The van der Waals surface area contributed by atoms with Crippen LogP contribution in [0.4, 0.5) is 10.6 Å². The molecule has 0 saturated carbocycles. The van der Waals surface area contributed by atoms with Crippen molar-refractivity contribution in [2.45, 2.75) is 19.9 Å². The molecule has 7 nitrogen and oxygen atoms in total. The highest BCUT2D eigenvalue weighted by Crippen LogP contribution is 2.23. The molecule has 1 N–H and O–H groups in total. The maximum Gasteiger partial charge on any atom is 0.323 e. The molecule has 0 aliphatic carbocycles. The van der Waals surface area contributed by atoms with Gasteiger partial charge in [-0.1, -0.05) is 29.4 Å². The van der Waals surface area contributed by atoms with Crippen LogP contribution in [0.15, 0.2) is 65.4 Å². The Bertz CT molecular complexity index is 1110. The Morgan fingerprint density at radius 2 is 1.93 bits per heavy atom. The monoisotopic (exact) mass is 375 g/mol. The Morgan fingerprint density at radius 3 is 2.64 bits per heavy atom. The Labute approximate surface area is 162 Å². The zero-order chi connectivity index (χ0) is 19.7. The van der Waals surface area contributed by atoms with E-state index in [2.05, 4.69) is 15.5 Å². The molecule has 0 bridgehead atoms. The van der Waals surface area contributed by atoms with Crippen LogP contribution in [0.2, 0.25) is 0 Å². The van der Waals surface area contributed by atoms with Crippen molar-refractivity contribution in [1.82, 2.24) is 19.6 Å². The molecule has 2 amide bonds. The van der Waals surface area contributed by atoms with E-state index in [1.54, 1.807) is 24.9 Å². The summed E-state index contributed by atoms with van der Waals surface area (Å²) in [6.07, 6.45) is 1.82. The van der Waals surface area contributed by atoms with E-state index in [0.29, 0.717) is 11.6 Å². The van der Waals surface area contributed by atoms with E-state index in [1.165, 1.54) is 0 Å². The molecule has 0 fully saturated rings. The fourth-order valence-corrected chi connectivity index (χ4v) is 3.10. The molecule has 4 aromatic rings. The van der Waals surface area contributed by atoms with Crippen molar-refractivity contribution in [3.63, 3.8) is 0 Å². The molecule has 28 heavy (non-hydrogen) atoms. The maximum absolute atomic E-state index is 12.5. The summed E-state index contributed by atoms with van der Waals surface area (Å²) in [5.74, 6) is 1.05. The molecule has 7 heteroatoms. The molecule has 0 spiro atoms. The molecule has 2 aromatic carbocycles. The van der Waals surface area contributed by atoms with Gasteiger partial charge in [0.25, 0.3) is 0 Å². The van der Waals surface area contributed by atoms with E-state index in [9.17, 15) is 4.79 Å². The van der Waals surface area contributed by atoms with Crippen LogP contribution in [0.5, 0.6) is 0 Å². The summed E-state index contributed by atoms with van der Waals surface area (Å²) in [5, 5.41) is 6.53. The zero-order valence-corrected chi connectivity index (χ0v) is 16.0. The first kappa shape index (κ1) is 17.8. The SMILES string of the molecule is Cc1cc(NC(=O)N(C)[C@@H](C)c2ccc(-n3cnc4ccccc43)cc2)no1. The van der Waals surface area contributed by atoms with Gasteiger partial charge in [-0.3, -0.25) is 9.88 Å². The minimum atomic E-state index is -0.245. The van der Waals surface area contributed by atoms with E-state index >= 15 is 0 Å². The van der Waals surface area contributed by atoms with E-state index in [1.807, 2.05) is 66.3 Å². The standard InChI is InChI=1S/C21H21N5O2/c1-14-12-20(24-28-14)23-21(27)25(3)15(2)16-8-10-17(11-9-16)26-13-22-18-6-4-5-7-19(18)26/h4-13,15H,1-3H3,(H,23,24,27)/t15-/m0/s1. The van der Waals surface area contributed by atoms with Gasteiger partial charge >= 0.3 is 6.03 Å². The van der Waals surface area contributed by atoms with E-state index in [4.69, 9.17) is 4.52 Å². The number of fused-ring (bicyclic) bond motifs is 1. The molecule has 2 aromatic heterocycles. The fraction of sp³-hybridized carbons (Fsp3) is 0.190. The number of benzene rings is 2. The lowest BCUT2D eigenvalue weighted by molar-refractivity contribution is 0.208. The highest BCUT2D eigenvalue weighted by atomic mass is 16.5. The van der Waals surface area contributed by atoms with Crippen LogP contribution in [0.1, 0.15) is 24.3 Å². The first-order valence-corrected chi connectivity index (χ1v) is 9.02. The third kappa shape index (κ3) is 3.34. The first-order valence-electron chi connectivity index (χ1n) is 9.02. The van der Waals surface area contributed by atoms with Crippen LogP contribution in [-0.4, -0.2) is 32.7 Å². The topological polar surface area (TPSA) is 76.2 Å². The number of imidazole rings is 1. The lowest BCUT2D eigenvalue weighted by Gasteiger charge is -2.25. The molecule has 0 radical (unpaired) electrons. The third-order valence-electron chi connectivity index (χ3n) is 4.87. The number of hydrogen-bond donors (Lipinski definition) is 1. The predicted octanol–water partition coefficient (Wildman–Crippen LogP) is 4.55. The highest BCUT2D eigenvalue weighted by molar-refractivity contribution is 5.88. The fourth-order valence-electron chi connectivity index (χ4n) is 3.10. The Hall–Kier alpha value is -3.61. The van der Waals surface area contributed by atoms with Gasteiger partial charge in [0.05, 0.1) is 17.1 Å². The van der Waals surface area contributed by atoms with Gasteiger partial charge in [-0.2, -0.15) is 0 Å². The van der Waals surface area contributed by atoms with Crippen LogP contribution in [0.25, 0.3) is 16.7 Å². The van der Waals surface area contributed by atoms with Gasteiger partial charge in [-0.25, -0.2) is 9.78 Å². The van der Waals surface area contributed by atoms with E-state index in [0.717, 1.165) is 22.3 Å². The number of para-hydroxylation sites is 2. The number of anilines is 1. The molecule has 142 valence electrons. The summed E-state index contributed by atoms with van der Waals surface area (Å²) in [6.45, 7) is 3.76. The number of urea groups is 1. The van der Waals surface area contributed by atoms with Gasteiger partial charge in [0, 0.05) is 18.8 Å². The van der Waals surface area contributed by atoms with Gasteiger partial charge in [0.1, 0.15) is 12.1 Å². The summed E-state index contributed by atoms with van der Waals surface area (Å²) in [4.78, 5) is 18.5. The molecule has 0 aliphatic rings. The van der Waals surface area contributed by atoms with Crippen molar-refractivity contribution >= 4 is 22.9 Å². The number of nitrogens with one attached hydrogen (secondary N) is 1. The smallest absolute Gasteiger partial charge is 0.323 e. The van der Waals surface area contributed by atoms with Gasteiger partial charge in [0.15, 0.2) is 5.82 Å². The number of nitrogens with zero attached hydrogens (tertiary/aromatic N) is 4. The molecular weight excluding hydrogens is 354 g/mol. The van der Waals surface area contributed by atoms with Crippen LogP contribution in [0.3, 0.4) is 0 Å². The van der Waals surface area contributed by atoms with Crippen molar-refractivity contribution < 1.29 is 9.32 Å². The molecule has 1 atom stereocenters. The van der Waals surface area contributed by atoms with Crippen molar-refractivity contribution in [2.24, 2.45) is 0 Å². The van der Waals surface area contributed by atoms with E-state index in [-0.39, 0.29) is 12.1 Å². The number of carbonyl (C=O) groups is 1. The quantitative estimate of drug-likeness (QED) is 0.568. The Balaban J connectivity index is 1.50. The van der Waals surface area contributed by atoms with Gasteiger partial charge in [0.2, 0.25) is 0 Å². The summed E-state index contributed by atoms with van der Waals surface area (Å²) in [6, 6.07) is 17.5. The molecule has 2 heterocycles. The molecular formula is C21H21N5O2. The number of aromatic nitrogens is 3. The van der Waals surface area contributed by atoms with Gasteiger partial charge in [-0.05, 0) is 43.7 Å². The van der Waals surface area contributed by atoms with Crippen molar-refractivity contribution in [3.8, 4) is 5.69 Å². The number of amides is 2. The van der Waals surface area contributed by atoms with Gasteiger partial charge < -0.3 is 9.42 Å². The second-order valence-corrected chi connectivity index (χ2v) is 6.73. The Morgan fingerprint density at radius 1 is 1.18 bits per heavy atom.